The number of hydrogen-bond donors (Lipinski definition) is 3. The molecule has 1 aliphatic rings. The van der Waals surface area contributed by atoms with E-state index in [-0.39, 0.29) is 30.6 Å². The first-order valence-corrected chi connectivity index (χ1v) is 8.06. The molecule has 2 atom stereocenters. The highest BCUT2D eigenvalue weighted by Gasteiger charge is 2.18. The molecule has 1 aromatic carbocycles. The molecule has 130 valence electrons. The van der Waals surface area contributed by atoms with Crippen LogP contribution in [-0.4, -0.2) is 23.5 Å². The van der Waals surface area contributed by atoms with Crippen molar-refractivity contribution in [1.82, 2.24) is 15.6 Å². The predicted octanol–water partition coefficient (Wildman–Crippen LogP) is 2.53. The molecule has 1 aliphatic heterocycles. The number of rotatable bonds is 4. The van der Waals surface area contributed by atoms with Crippen LogP contribution in [0.25, 0.3) is 0 Å². The van der Waals surface area contributed by atoms with Crippen LogP contribution in [0.5, 0.6) is 5.75 Å². The van der Waals surface area contributed by atoms with Gasteiger partial charge in [0, 0.05) is 12.4 Å². The van der Waals surface area contributed by atoms with Crippen molar-refractivity contribution in [1.29, 1.82) is 0 Å². The van der Waals surface area contributed by atoms with Crippen LogP contribution in [0.1, 0.15) is 37.1 Å². The Morgan fingerprint density at radius 1 is 1.20 bits per heavy atom. The SMILES string of the molecule is C[C@H](NC(=O)N[C@H](C)c1cccnc1)c1ccc2c(c1)NC(=O)CO2. The van der Waals surface area contributed by atoms with E-state index in [0.29, 0.717) is 11.4 Å². The monoisotopic (exact) mass is 340 g/mol. The van der Waals surface area contributed by atoms with Gasteiger partial charge in [0.25, 0.3) is 5.91 Å². The van der Waals surface area contributed by atoms with Gasteiger partial charge in [-0.2, -0.15) is 0 Å². The second-order valence-electron chi connectivity index (χ2n) is 5.94. The van der Waals surface area contributed by atoms with Crippen molar-refractivity contribution in [2.24, 2.45) is 0 Å². The zero-order valence-electron chi connectivity index (χ0n) is 14.1. The number of pyridine rings is 1. The maximum atomic E-state index is 12.2. The van der Waals surface area contributed by atoms with Gasteiger partial charge in [-0.15, -0.1) is 0 Å². The van der Waals surface area contributed by atoms with Crippen molar-refractivity contribution >= 4 is 17.6 Å². The van der Waals surface area contributed by atoms with Gasteiger partial charge in [-0.3, -0.25) is 9.78 Å². The van der Waals surface area contributed by atoms with Gasteiger partial charge >= 0.3 is 6.03 Å². The summed E-state index contributed by atoms with van der Waals surface area (Å²) < 4.78 is 5.34. The zero-order valence-corrected chi connectivity index (χ0v) is 14.1. The predicted molar refractivity (Wildman–Crippen MR) is 93.3 cm³/mol. The number of hydrogen-bond acceptors (Lipinski definition) is 4. The Labute approximate surface area is 145 Å². The number of nitrogens with one attached hydrogen (secondary N) is 3. The number of nitrogens with zero attached hydrogens (tertiary/aromatic N) is 1. The van der Waals surface area contributed by atoms with Gasteiger partial charge in [0.2, 0.25) is 0 Å². The first kappa shape index (κ1) is 16.8. The fourth-order valence-electron chi connectivity index (χ4n) is 2.60. The van der Waals surface area contributed by atoms with E-state index in [9.17, 15) is 9.59 Å². The highest BCUT2D eigenvalue weighted by atomic mass is 16.5. The molecule has 3 N–H and O–H groups in total. The standard InChI is InChI=1S/C18H20N4O3/c1-11(13-5-6-16-15(8-13)22-17(23)10-25-16)20-18(24)21-12(2)14-4-3-7-19-9-14/h3-9,11-12H,10H2,1-2H3,(H,22,23)(H2,20,21,24)/t11-,12+/m0/s1. The van der Waals surface area contributed by atoms with Crippen LogP contribution in [0.3, 0.4) is 0 Å². The molecule has 0 radical (unpaired) electrons. The highest BCUT2D eigenvalue weighted by molar-refractivity contribution is 5.95. The lowest BCUT2D eigenvalue weighted by atomic mass is 10.1. The van der Waals surface area contributed by atoms with Crippen molar-refractivity contribution in [3.05, 3.63) is 53.9 Å². The number of carbonyl (C=O) groups is 2. The van der Waals surface area contributed by atoms with E-state index in [1.54, 1.807) is 18.5 Å². The van der Waals surface area contributed by atoms with Crippen molar-refractivity contribution in [2.75, 3.05) is 11.9 Å². The van der Waals surface area contributed by atoms with E-state index in [2.05, 4.69) is 20.9 Å². The van der Waals surface area contributed by atoms with E-state index < -0.39 is 0 Å². The minimum Gasteiger partial charge on any atom is -0.482 e. The van der Waals surface area contributed by atoms with Gasteiger partial charge in [-0.25, -0.2) is 4.79 Å². The first-order valence-electron chi connectivity index (χ1n) is 8.06. The molecule has 0 aliphatic carbocycles. The highest BCUT2D eigenvalue weighted by Crippen LogP contribution is 2.30. The van der Waals surface area contributed by atoms with E-state index in [0.717, 1.165) is 11.1 Å². The summed E-state index contributed by atoms with van der Waals surface area (Å²) in [5.74, 6) is 0.443. The molecule has 3 amide bonds. The average Bonchev–Trinajstić information content (AvgIpc) is 2.61. The average molecular weight is 340 g/mol. The summed E-state index contributed by atoms with van der Waals surface area (Å²) in [6.07, 6.45) is 3.41. The smallest absolute Gasteiger partial charge is 0.315 e. The molecule has 0 bridgehead atoms. The summed E-state index contributed by atoms with van der Waals surface area (Å²) in [6.45, 7) is 3.80. The van der Waals surface area contributed by atoms with Crippen LogP contribution in [-0.2, 0) is 4.79 Å². The first-order chi connectivity index (χ1) is 12.0. The van der Waals surface area contributed by atoms with Crippen molar-refractivity contribution in [3.8, 4) is 5.75 Å². The number of anilines is 1. The second-order valence-corrected chi connectivity index (χ2v) is 5.94. The number of ether oxygens (including phenoxy) is 1. The van der Waals surface area contributed by atoms with Crippen LogP contribution in [0.2, 0.25) is 0 Å². The number of benzene rings is 1. The maximum Gasteiger partial charge on any atom is 0.315 e. The van der Waals surface area contributed by atoms with E-state index in [1.807, 2.05) is 38.1 Å². The summed E-state index contributed by atoms with van der Waals surface area (Å²) in [5.41, 5.74) is 2.42. The van der Waals surface area contributed by atoms with E-state index >= 15 is 0 Å². The lowest BCUT2D eigenvalue weighted by molar-refractivity contribution is -0.118. The third kappa shape index (κ3) is 4.06. The Morgan fingerprint density at radius 3 is 2.68 bits per heavy atom. The molecule has 7 nitrogen and oxygen atoms in total. The zero-order chi connectivity index (χ0) is 17.8. The molecule has 0 fully saturated rings. The number of urea groups is 1. The van der Waals surface area contributed by atoms with Crippen molar-refractivity contribution in [3.63, 3.8) is 0 Å². The van der Waals surface area contributed by atoms with Crippen LogP contribution < -0.4 is 20.7 Å². The molecule has 1 aromatic heterocycles. The van der Waals surface area contributed by atoms with Crippen LogP contribution in [0.15, 0.2) is 42.7 Å². The fraction of sp³-hybridized carbons (Fsp3) is 0.278. The molecular formula is C18H20N4O3. The molecule has 3 rings (SSSR count). The summed E-state index contributed by atoms with van der Waals surface area (Å²) in [5, 5.41) is 8.54. The van der Waals surface area contributed by atoms with Crippen LogP contribution in [0, 0.1) is 0 Å². The molecule has 0 spiro atoms. The van der Waals surface area contributed by atoms with E-state index in [4.69, 9.17) is 4.74 Å². The normalized spacial score (nSPS) is 15.2. The minimum atomic E-state index is -0.276. The Hall–Kier alpha value is -3.09. The van der Waals surface area contributed by atoms with Crippen LogP contribution >= 0.6 is 0 Å². The molecule has 25 heavy (non-hydrogen) atoms. The summed E-state index contributed by atoms with van der Waals surface area (Å²) in [4.78, 5) is 27.7. The maximum absolute atomic E-state index is 12.2. The van der Waals surface area contributed by atoms with Gasteiger partial charge in [0.05, 0.1) is 17.8 Å². The lowest BCUT2D eigenvalue weighted by Crippen LogP contribution is -2.38. The van der Waals surface area contributed by atoms with Gasteiger partial charge < -0.3 is 20.7 Å². The Kier molecular flexibility index (Phi) is 4.83. The summed E-state index contributed by atoms with van der Waals surface area (Å²) in [6, 6.07) is 8.54. The molecule has 0 saturated heterocycles. The number of amides is 3. The molecule has 2 heterocycles. The summed E-state index contributed by atoms with van der Waals surface area (Å²) in [7, 11) is 0. The number of aromatic nitrogens is 1. The second kappa shape index (κ2) is 7.21. The van der Waals surface area contributed by atoms with Crippen molar-refractivity contribution in [2.45, 2.75) is 25.9 Å². The van der Waals surface area contributed by atoms with Gasteiger partial charge in [0.15, 0.2) is 6.61 Å². The minimum absolute atomic E-state index is 0.0226. The van der Waals surface area contributed by atoms with Crippen LogP contribution in [0.4, 0.5) is 10.5 Å². The van der Waals surface area contributed by atoms with Crippen molar-refractivity contribution < 1.29 is 14.3 Å². The van der Waals surface area contributed by atoms with Gasteiger partial charge in [0.1, 0.15) is 5.75 Å². The third-order valence-electron chi connectivity index (χ3n) is 4.02. The molecule has 0 unspecified atom stereocenters. The summed E-state index contributed by atoms with van der Waals surface area (Å²) >= 11 is 0. The molecular weight excluding hydrogens is 320 g/mol. The largest absolute Gasteiger partial charge is 0.482 e. The third-order valence-corrected chi connectivity index (χ3v) is 4.02. The Balaban J connectivity index is 1.62. The number of carbonyl (C=O) groups excluding carboxylic acids is 2. The Morgan fingerprint density at radius 2 is 1.96 bits per heavy atom. The van der Waals surface area contributed by atoms with Gasteiger partial charge in [-0.1, -0.05) is 12.1 Å². The topological polar surface area (TPSA) is 92.4 Å². The molecule has 2 aromatic rings. The fourth-order valence-corrected chi connectivity index (χ4v) is 2.60. The number of fused-ring (bicyclic) bond motifs is 1. The van der Waals surface area contributed by atoms with E-state index in [1.165, 1.54) is 0 Å². The lowest BCUT2D eigenvalue weighted by Gasteiger charge is -2.22. The molecule has 0 saturated carbocycles. The van der Waals surface area contributed by atoms with Gasteiger partial charge in [-0.05, 0) is 43.2 Å². The quantitative estimate of drug-likeness (QED) is 0.797. The Bertz CT molecular complexity index is 779. The molecule has 7 heteroatoms.